The number of hydrogen-bond acceptors (Lipinski definition) is 7. The monoisotopic (exact) mass is 591 g/mol. The molecule has 0 bridgehead atoms. The molecule has 10 heteroatoms. The summed E-state index contributed by atoms with van der Waals surface area (Å²) in [5.41, 5.74) is 7.72. The Hall–Kier alpha value is -3.50. The van der Waals surface area contributed by atoms with Crippen LogP contribution < -0.4 is 14.2 Å². The fraction of sp³-hybridized carbons (Fsp3) is 0.545. The molecule has 1 aromatic heterocycles. The minimum Gasteiger partial charge on any atom is -0.438 e. The molecule has 1 aliphatic carbocycles. The highest BCUT2D eigenvalue weighted by atomic mass is 19.1. The lowest BCUT2D eigenvalue weighted by molar-refractivity contribution is -0.668. The number of carbonyl (C=O) groups is 1. The number of amides is 1. The molecule has 0 spiro atoms. The van der Waals surface area contributed by atoms with Gasteiger partial charge >= 0.3 is 6.01 Å². The van der Waals surface area contributed by atoms with E-state index in [-0.39, 0.29) is 12.0 Å². The van der Waals surface area contributed by atoms with Crippen molar-refractivity contribution in [3.8, 4) is 6.01 Å². The summed E-state index contributed by atoms with van der Waals surface area (Å²) in [6.07, 6.45) is 8.01. The molecule has 2 aromatic rings. The summed E-state index contributed by atoms with van der Waals surface area (Å²) >= 11 is 0. The standard InChI is InChI=1S/C33H44FN6O3/c1-24-7-4-8-25-9-5-10-29(31(24)25)40-14-12-27-28(22-40)35-33(43-23-26-21-36(2)19-20-42-26)37(3)32(27)39-17-15-38(16-18-39)30(41)11-6-13-34/h4,6-8,10-11,26H,5,9,12-23H2,1-3H3/q+1/b11-6+. The largest absolute Gasteiger partial charge is 0.438 e. The van der Waals surface area contributed by atoms with E-state index >= 15 is 0 Å². The van der Waals surface area contributed by atoms with Crippen molar-refractivity contribution >= 4 is 17.4 Å². The van der Waals surface area contributed by atoms with Crippen LogP contribution in [0.4, 0.5) is 10.2 Å². The van der Waals surface area contributed by atoms with Gasteiger partial charge in [0.05, 0.1) is 51.9 Å². The van der Waals surface area contributed by atoms with Crippen LogP contribution in [0.25, 0.3) is 5.70 Å². The highest BCUT2D eigenvalue weighted by Gasteiger charge is 2.36. The normalized spacial score (nSPS) is 21.1. The van der Waals surface area contributed by atoms with Crippen molar-refractivity contribution in [2.75, 3.05) is 77.6 Å². The Morgan fingerprint density at radius 1 is 1.16 bits per heavy atom. The summed E-state index contributed by atoms with van der Waals surface area (Å²) in [5.74, 6) is 0.980. The van der Waals surface area contributed by atoms with E-state index in [0.717, 1.165) is 50.4 Å². The Labute approximate surface area is 254 Å². The fourth-order valence-electron chi connectivity index (χ4n) is 6.89. The number of ether oxygens (including phenoxy) is 2. The predicted molar refractivity (Wildman–Crippen MR) is 164 cm³/mol. The summed E-state index contributed by atoms with van der Waals surface area (Å²) in [6, 6.07) is 7.23. The molecule has 9 nitrogen and oxygen atoms in total. The van der Waals surface area contributed by atoms with Crippen molar-refractivity contribution in [3.05, 3.63) is 64.4 Å². The molecular formula is C33H44FN6O3+. The number of carbonyl (C=O) groups excluding carboxylic acids is 1. The Morgan fingerprint density at radius 2 is 2.00 bits per heavy atom. The van der Waals surface area contributed by atoms with Gasteiger partial charge in [-0.25, -0.2) is 4.39 Å². The molecule has 4 heterocycles. The number of anilines is 1. The second-order valence-electron chi connectivity index (χ2n) is 12.0. The quantitative estimate of drug-likeness (QED) is 0.362. The molecule has 2 saturated heterocycles. The van der Waals surface area contributed by atoms with E-state index in [1.54, 1.807) is 4.90 Å². The number of piperazine rings is 1. The lowest BCUT2D eigenvalue weighted by Gasteiger charge is -2.37. The van der Waals surface area contributed by atoms with Gasteiger partial charge < -0.3 is 24.2 Å². The summed E-state index contributed by atoms with van der Waals surface area (Å²) in [6.45, 7) is 8.66. The predicted octanol–water partition coefficient (Wildman–Crippen LogP) is 2.44. The van der Waals surface area contributed by atoms with Gasteiger partial charge in [0.25, 0.3) is 0 Å². The number of alkyl halides is 1. The summed E-state index contributed by atoms with van der Waals surface area (Å²) in [5, 5.41) is 0. The third kappa shape index (κ3) is 6.26. The third-order valence-corrected chi connectivity index (χ3v) is 9.11. The van der Waals surface area contributed by atoms with Gasteiger partial charge in [-0.15, -0.1) is 0 Å². The first-order valence-corrected chi connectivity index (χ1v) is 15.6. The zero-order valence-corrected chi connectivity index (χ0v) is 25.7. The highest BCUT2D eigenvalue weighted by Crippen LogP contribution is 2.36. The first kappa shape index (κ1) is 29.6. The Morgan fingerprint density at radius 3 is 2.79 bits per heavy atom. The van der Waals surface area contributed by atoms with Crippen molar-refractivity contribution in [1.82, 2.24) is 19.7 Å². The van der Waals surface area contributed by atoms with E-state index in [4.69, 9.17) is 14.5 Å². The number of fused-ring (bicyclic) bond motifs is 2. The zero-order valence-electron chi connectivity index (χ0n) is 25.7. The Bertz CT molecular complexity index is 1400. The molecule has 230 valence electrons. The number of aromatic nitrogens is 2. The van der Waals surface area contributed by atoms with E-state index in [1.807, 2.05) is 7.05 Å². The van der Waals surface area contributed by atoms with Gasteiger partial charge in [-0.05, 0) is 50.4 Å². The zero-order chi connectivity index (χ0) is 29.9. The molecule has 0 N–H and O–H groups in total. The number of benzene rings is 1. The second kappa shape index (κ2) is 13.0. The number of likely N-dealkylation sites (N-methyl/N-ethyl adjacent to an activating group) is 1. The van der Waals surface area contributed by atoms with E-state index in [0.29, 0.717) is 51.9 Å². The lowest BCUT2D eigenvalue weighted by atomic mass is 9.89. The van der Waals surface area contributed by atoms with Crippen LogP contribution in [0.3, 0.4) is 0 Å². The molecule has 3 aliphatic heterocycles. The number of nitrogens with zero attached hydrogens (tertiary/aromatic N) is 6. The second-order valence-corrected chi connectivity index (χ2v) is 12.0. The molecule has 6 rings (SSSR count). The average molecular weight is 592 g/mol. The fourth-order valence-corrected chi connectivity index (χ4v) is 6.89. The van der Waals surface area contributed by atoms with Gasteiger partial charge in [-0.3, -0.25) is 9.69 Å². The van der Waals surface area contributed by atoms with Crippen LogP contribution in [0.2, 0.25) is 0 Å². The SMILES string of the molecule is Cc1cccc2c1C(N1CCc3c(nc(OCC4CN(C)CCO4)[n+](C)c3N3CCN(C(=O)/C=C/CF)CC3)C1)=CCC2. The van der Waals surface area contributed by atoms with Gasteiger partial charge in [0.1, 0.15) is 25.1 Å². The minimum atomic E-state index is -0.630. The smallest absolute Gasteiger partial charge is 0.434 e. The molecule has 1 aromatic carbocycles. The number of morpholine rings is 1. The molecule has 0 radical (unpaired) electrons. The van der Waals surface area contributed by atoms with Gasteiger partial charge in [0, 0.05) is 37.0 Å². The number of halogens is 1. The van der Waals surface area contributed by atoms with Gasteiger partial charge in [-0.2, -0.15) is 4.57 Å². The maximum Gasteiger partial charge on any atom is 0.434 e. The molecule has 2 fully saturated rings. The van der Waals surface area contributed by atoms with Gasteiger partial charge in [0.15, 0.2) is 0 Å². The van der Waals surface area contributed by atoms with Crippen molar-refractivity contribution in [3.63, 3.8) is 0 Å². The van der Waals surface area contributed by atoms with Crippen molar-refractivity contribution in [2.24, 2.45) is 7.05 Å². The number of hydrogen-bond donors (Lipinski definition) is 0. The third-order valence-electron chi connectivity index (χ3n) is 9.11. The average Bonchev–Trinajstić information content (AvgIpc) is 3.02. The molecule has 1 unspecified atom stereocenters. The van der Waals surface area contributed by atoms with Crippen molar-refractivity contribution in [1.29, 1.82) is 0 Å². The van der Waals surface area contributed by atoms with Crippen molar-refractivity contribution in [2.45, 2.75) is 38.8 Å². The van der Waals surface area contributed by atoms with Gasteiger partial charge in [-0.1, -0.05) is 29.3 Å². The Balaban J connectivity index is 1.29. The first-order chi connectivity index (χ1) is 20.9. The van der Waals surface area contributed by atoms with E-state index in [1.165, 1.54) is 40.1 Å². The molecule has 0 saturated carbocycles. The Kier molecular flexibility index (Phi) is 8.95. The molecule has 4 aliphatic rings. The molecular weight excluding hydrogens is 547 g/mol. The van der Waals surface area contributed by atoms with Crippen LogP contribution in [0.1, 0.15) is 34.4 Å². The molecule has 1 atom stereocenters. The maximum atomic E-state index is 12.6. The van der Waals surface area contributed by atoms with Crippen LogP contribution in [-0.4, -0.2) is 104 Å². The van der Waals surface area contributed by atoms with Crippen LogP contribution in [0.15, 0.2) is 36.4 Å². The summed E-state index contributed by atoms with van der Waals surface area (Å²) < 4.78 is 27.1. The van der Waals surface area contributed by atoms with Crippen LogP contribution >= 0.6 is 0 Å². The molecule has 43 heavy (non-hydrogen) atoms. The number of aryl methyl sites for hydroxylation is 2. The van der Waals surface area contributed by atoms with Crippen LogP contribution in [0.5, 0.6) is 6.01 Å². The summed E-state index contributed by atoms with van der Waals surface area (Å²) in [4.78, 5) is 26.5. The number of rotatable bonds is 7. The van der Waals surface area contributed by atoms with Crippen LogP contribution in [-0.2, 0) is 36.0 Å². The topological polar surface area (TPSA) is 65.3 Å². The highest BCUT2D eigenvalue weighted by molar-refractivity contribution is 5.87. The number of allylic oxidation sites excluding steroid dienone is 2. The van der Waals surface area contributed by atoms with Gasteiger partial charge in [0.2, 0.25) is 11.7 Å². The maximum absolute atomic E-state index is 12.6. The van der Waals surface area contributed by atoms with Crippen LogP contribution in [0, 0.1) is 6.92 Å². The van der Waals surface area contributed by atoms with Crippen molar-refractivity contribution < 1.29 is 23.2 Å². The lowest BCUT2D eigenvalue weighted by Crippen LogP contribution is -2.53. The summed E-state index contributed by atoms with van der Waals surface area (Å²) in [7, 11) is 4.14. The van der Waals surface area contributed by atoms with E-state index in [9.17, 15) is 9.18 Å². The minimum absolute atomic E-state index is 0.00432. The van der Waals surface area contributed by atoms with E-state index in [2.05, 4.69) is 57.5 Å². The first-order valence-electron chi connectivity index (χ1n) is 15.6. The molecule has 1 amide bonds. The van der Waals surface area contributed by atoms with E-state index < -0.39 is 6.67 Å².